The fraction of sp³-hybridized carbons (Fsp3) is 0.100. The molecular weight excluding hydrogens is 585 g/mol. The number of hydrogen-bond donors (Lipinski definition) is 3. The molecule has 0 saturated carbocycles. The minimum atomic E-state index is -0.287. The Balaban J connectivity index is 1.25. The van der Waals surface area contributed by atoms with Gasteiger partial charge in [0.15, 0.2) is 4.34 Å². The maximum absolute atomic E-state index is 12.3. The second-order valence-corrected chi connectivity index (χ2v) is 11.1. The molecule has 10 nitrogen and oxygen atoms in total. The van der Waals surface area contributed by atoms with Crippen molar-refractivity contribution < 1.29 is 4.79 Å². The van der Waals surface area contributed by atoms with Crippen LogP contribution in [0.2, 0.25) is 15.1 Å². The monoisotopic (exact) mass is 599 g/mol. The van der Waals surface area contributed by atoms with Crippen molar-refractivity contribution in [2.45, 2.75) is 15.2 Å². The Morgan fingerprint density at radius 1 is 1.06 bits per heavy atom. The maximum Gasteiger partial charge on any atom is 0.264 e. The first-order chi connectivity index (χ1) is 17.4. The molecule has 0 fully saturated rings. The van der Waals surface area contributed by atoms with Crippen molar-refractivity contribution >= 4 is 92.9 Å². The van der Waals surface area contributed by atoms with E-state index in [1.54, 1.807) is 18.2 Å². The molecule has 0 aliphatic rings. The first-order valence-corrected chi connectivity index (χ1v) is 13.9. The van der Waals surface area contributed by atoms with Crippen molar-refractivity contribution in [3.8, 4) is 0 Å². The minimum Gasteiger partial charge on any atom is -0.334 e. The highest BCUT2D eigenvalue weighted by Gasteiger charge is 2.14. The second-order valence-electron chi connectivity index (χ2n) is 6.78. The van der Waals surface area contributed by atoms with Gasteiger partial charge in [-0.05, 0) is 17.7 Å². The van der Waals surface area contributed by atoms with E-state index in [1.807, 2.05) is 24.3 Å². The molecule has 0 unspecified atom stereocenters. The summed E-state index contributed by atoms with van der Waals surface area (Å²) < 4.78 is 1.90. The third-order valence-electron chi connectivity index (χ3n) is 4.31. The maximum atomic E-state index is 12.3. The number of carbonyl (C=O) groups excluding carboxylic acids is 1. The number of nitrogens with one attached hydrogen (secondary N) is 2. The van der Waals surface area contributed by atoms with Crippen LogP contribution >= 0.6 is 69.7 Å². The van der Waals surface area contributed by atoms with Gasteiger partial charge in [-0.15, -0.1) is 20.4 Å². The normalized spacial score (nSPS) is 11.2. The molecule has 0 spiro atoms. The van der Waals surface area contributed by atoms with Gasteiger partial charge >= 0.3 is 0 Å². The topological polar surface area (TPSA) is 136 Å². The number of anilines is 2. The summed E-state index contributed by atoms with van der Waals surface area (Å²) in [5.74, 6) is 6.57. The van der Waals surface area contributed by atoms with Crippen molar-refractivity contribution in [1.29, 1.82) is 0 Å². The van der Waals surface area contributed by atoms with Gasteiger partial charge in [0.05, 0.1) is 22.0 Å². The summed E-state index contributed by atoms with van der Waals surface area (Å²) in [6.45, 7) is 0. The highest BCUT2D eigenvalue weighted by Crippen LogP contribution is 2.30. The lowest BCUT2D eigenvalue weighted by molar-refractivity contribution is -0.113. The van der Waals surface area contributed by atoms with Crippen LogP contribution in [0.15, 0.2) is 57.1 Å². The van der Waals surface area contributed by atoms with E-state index in [0.29, 0.717) is 36.7 Å². The van der Waals surface area contributed by atoms with Crippen molar-refractivity contribution in [2.24, 2.45) is 5.10 Å². The standard InChI is InChI=1S/C20H16Cl3N9OS3/c21-13-6-2-1-4-12(13)9-35-20-31-29-18(36-20)26-15(33)10-34-19-30-28-17(32(19)24)27-25-8-11-5-3-7-14(22)16(11)23/h1-8H,9-10,24H2,(H,27,28)(H,26,29,33)/b25-8+. The average molecular weight is 601 g/mol. The van der Waals surface area contributed by atoms with Crippen LogP contribution in [0, 0.1) is 0 Å². The molecule has 186 valence electrons. The van der Waals surface area contributed by atoms with E-state index >= 15 is 0 Å². The number of benzene rings is 2. The predicted molar refractivity (Wildman–Crippen MR) is 148 cm³/mol. The first-order valence-electron chi connectivity index (χ1n) is 9.96. The molecule has 36 heavy (non-hydrogen) atoms. The fourth-order valence-corrected chi connectivity index (χ4v) is 5.66. The quantitative estimate of drug-likeness (QED) is 0.0731. The fourth-order valence-electron chi connectivity index (χ4n) is 2.59. The number of nitrogen functional groups attached to an aromatic ring is 1. The molecule has 0 aliphatic heterocycles. The van der Waals surface area contributed by atoms with Gasteiger partial charge in [0.25, 0.3) is 5.95 Å². The number of rotatable bonds is 10. The smallest absolute Gasteiger partial charge is 0.264 e. The van der Waals surface area contributed by atoms with E-state index in [1.165, 1.54) is 34.0 Å². The Labute approximate surface area is 233 Å². The van der Waals surface area contributed by atoms with Gasteiger partial charge in [0.2, 0.25) is 16.2 Å². The summed E-state index contributed by atoms with van der Waals surface area (Å²) in [5.41, 5.74) is 4.30. The lowest BCUT2D eigenvalue weighted by atomic mass is 10.2. The van der Waals surface area contributed by atoms with E-state index in [9.17, 15) is 4.79 Å². The molecule has 0 aliphatic carbocycles. The lowest BCUT2D eigenvalue weighted by Gasteiger charge is -2.03. The third-order valence-corrected chi connectivity index (χ3v) is 8.47. The van der Waals surface area contributed by atoms with Crippen LogP contribution in [0.3, 0.4) is 0 Å². The van der Waals surface area contributed by atoms with Gasteiger partial charge in [-0.3, -0.25) is 10.1 Å². The Morgan fingerprint density at radius 2 is 1.86 bits per heavy atom. The number of nitrogens with zero attached hydrogens (tertiary/aromatic N) is 6. The summed E-state index contributed by atoms with van der Waals surface area (Å²) in [6, 6.07) is 12.8. The number of aromatic nitrogens is 5. The van der Waals surface area contributed by atoms with Crippen LogP contribution in [-0.2, 0) is 10.5 Å². The Bertz CT molecular complexity index is 1400. The number of amides is 1. The Morgan fingerprint density at radius 3 is 2.69 bits per heavy atom. The average Bonchev–Trinajstić information content (AvgIpc) is 3.46. The highest BCUT2D eigenvalue weighted by molar-refractivity contribution is 8.00. The Kier molecular flexibility index (Phi) is 9.29. The van der Waals surface area contributed by atoms with Crippen LogP contribution in [0.5, 0.6) is 0 Å². The summed E-state index contributed by atoms with van der Waals surface area (Å²) in [5, 5.41) is 25.0. The number of carbonyl (C=O) groups is 1. The zero-order valence-electron chi connectivity index (χ0n) is 18.1. The number of hydrazone groups is 1. The van der Waals surface area contributed by atoms with Crippen LogP contribution in [0.25, 0.3) is 0 Å². The van der Waals surface area contributed by atoms with Crippen molar-refractivity contribution in [3.63, 3.8) is 0 Å². The third kappa shape index (κ3) is 7.02. The molecule has 0 bridgehead atoms. The summed E-state index contributed by atoms with van der Waals surface area (Å²) in [6.07, 6.45) is 1.48. The number of hydrogen-bond acceptors (Lipinski definition) is 11. The van der Waals surface area contributed by atoms with E-state index in [4.69, 9.17) is 40.6 Å². The van der Waals surface area contributed by atoms with E-state index in [2.05, 4.69) is 36.2 Å². The van der Waals surface area contributed by atoms with Gasteiger partial charge < -0.3 is 5.84 Å². The number of halogens is 3. The van der Waals surface area contributed by atoms with E-state index in [-0.39, 0.29) is 17.6 Å². The highest BCUT2D eigenvalue weighted by atomic mass is 35.5. The molecular formula is C20H16Cl3N9OS3. The minimum absolute atomic E-state index is 0.0401. The predicted octanol–water partition coefficient (Wildman–Crippen LogP) is 5.27. The van der Waals surface area contributed by atoms with Gasteiger partial charge in [-0.25, -0.2) is 10.1 Å². The number of thioether (sulfide) groups is 2. The molecule has 0 radical (unpaired) electrons. The molecule has 2 heterocycles. The first kappa shape index (κ1) is 26.5. The number of nitrogens with two attached hydrogens (primary N) is 1. The van der Waals surface area contributed by atoms with Crippen LogP contribution in [0.1, 0.15) is 11.1 Å². The van der Waals surface area contributed by atoms with Gasteiger partial charge in [0, 0.05) is 16.3 Å². The van der Waals surface area contributed by atoms with Crippen molar-refractivity contribution in [2.75, 3.05) is 22.3 Å². The molecule has 4 N–H and O–H groups in total. The molecule has 0 atom stereocenters. The molecule has 2 aromatic carbocycles. The zero-order chi connectivity index (χ0) is 25.5. The van der Waals surface area contributed by atoms with Gasteiger partial charge in [0.1, 0.15) is 0 Å². The van der Waals surface area contributed by atoms with Crippen LogP contribution in [0.4, 0.5) is 11.1 Å². The summed E-state index contributed by atoms with van der Waals surface area (Å²) >= 11 is 22.2. The van der Waals surface area contributed by atoms with Crippen molar-refractivity contribution in [1.82, 2.24) is 25.1 Å². The molecule has 4 aromatic rings. The SMILES string of the molecule is Nn1c(N/N=C/c2cccc(Cl)c2Cl)nnc1SCC(=O)Nc1nnc(SCc2ccccc2Cl)s1. The zero-order valence-corrected chi connectivity index (χ0v) is 22.8. The van der Waals surface area contributed by atoms with E-state index in [0.717, 1.165) is 21.7 Å². The van der Waals surface area contributed by atoms with Crippen LogP contribution < -0.4 is 16.6 Å². The summed E-state index contributed by atoms with van der Waals surface area (Å²) in [7, 11) is 0. The molecule has 1 amide bonds. The molecule has 0 saturated heterocycles. The molecule has 16 heteroatoms. The van der Waals surface area contributed by atoms with Crippen LogP contribution in [-0.4, -0.2) is 42.9 Å². The molecule has 4 rings (SSSR count). The van der Waals surface area contributed by atoms with Crippen molar-refractivity contribution in [3.05, 3.63) is 68.7 Å². The lowest BCUT2D eigenvalue weighted by Crippen LogP contribution is -2.16. The van der Waals surface area contributed by atoms with Gasteiger partial charge in [-0.2, -0.15) is 5.10 Å². The molecule has 2 aromatic heterocycles. The largest absolute Gasteiger partial charge is 0.334 e. The van der Waals surface area contributed by atoms with E-state index < -0.39 is 0 Å². The summed E-state index contributed by atoms with van der Waals surface area (Å²) in [4.78, 5) is 12.3. The Hall–Kier alpha value is -2.55. The van der Waals surface area contributed by atoms with Gasteiger partial charge in [-0.1, -0.05) is 100.0 Å². The second kappa shape index (κ2) is 12.6.